The maximum Gasteiger partial charge on any atom is 0.100 e. The lowest BCUT2D eigenvalue weighted by molar-refractivity contribution is 1.25. The lowest BCUT2D eigenvalue weighted by Crippen LogP contribution is -2.02. The first kappa shape index (κ1) is 11.7. The fraction of sp³-hybridized carbons (Fsp3) is 0. The molecule has 0 atom stereocenters. The first-order chi connectivity index (χ1) is 10.3. The predicted molar refractivity (Wildman–Crippen MR) is 83.9 cm³/mol. The average Bonchev–Trinajstić information content (AvgIpc) is 2.86. The normalized spacial score (nSPS) is 14.0. The van der Waals surface area contributed by atoms with E-state index in [1.54, 1.807) is 0 Å². The molecule has 0 aromatic heterocycles. The number of hydrazone groups is 1. The second kappa shape index (κ2) is 4.19. The van der Waals surface area contributed by atoms with Gasteiger partial charge >= 0.3 is 0 Å². The Morgan fingerprint density at radius 1 is 0.905 bits per heavy atom. The number of hydrogen-bond donors (Lipinski definition) is 1. The minimum atomic E-state index is 0.689. The Hall–Kier alpha value is -3.12. The van der Waals surface area contributed by atoms with E-state index in [4.69, 9.17) is 5.84 Å². The van der Waals surface area contributed by atoms with Crippen LogP contribution in [0.4, 0.5) is 0 Å². The van der Waals surface area contributed by atoms with Gasteiger partial charge in [0.2, 0.25) is 0 Å². The van der Waals surface area contributed by atoms with Gasteiger partial charge in [0.05, 0.1) is 11.3 Å². The zero-order chi connectivity index (χ0) is 14.4. The topological polar surface area (TPSA) is 62.2 Å². The fourth-order valence-electron chi connectivity index (χ4n) is 3.12. The molecule has 1 aliphatic carbocycles. The van der Waals surface area contributed by atoms with Crippen molar-refractivity contribution in [3.05, 3.63) is 71.3 Å². The van der Waals surface area contributed by atoms with Gasteiger partial charge in [0.15, 0.2) is 0 Å². The van der Waals surface area contributed by atoms with Crippen molar-refractivity contribution >= 4 is 16.5 Å². The highest BCUT2D eigenvalue weighted by Crippen LogP contribution is 2.41. The Morgan fingerprint density at radius 3 is 2.38 bits per heavy atom. The first-order valence-electron chi connectivity index (χ1n) is 6.69. The van der Waals surface area contributed by atoms with Crippen molar-refractivity contribution in [1.82, 2.24) is 0 Å². The zero-order valence-electron chi connectivity index (χ0n) is 11.2. The molecule has 0 bridgehead atoms. The van der Waals surface area contributed by atoms with E-state index in [2.05, 4.69) is 17.2 Å². The van der Waals surface area contributed by atoms with Gasteiger partial charge in [0.1, 0.15) is 6.07 Å². The third kappa shape index (κ3) is 1.44. The predicted octanol–water partition coefficient (Wildman–Crippen LogP) is 3.40. The highest BCUT2D eigenvalue weighted by molar-refractivity contribution is 6.27. The molecule has 1 aliphatic rings. The molecule has 98 valence electrons. The van der Waals surface area contributed by atoms with Crippen LogP contribution < -0.4 is 5.84 Å². The lowest BCUT2D eigenvalue weighted by atomic mass is 9.94. The molecule has 4 rings (SSSR count). The largest absolute Gasteiger partial charge is 0.323 e. The van der Waals surface area contributed by atoms with Crippen LogP contribution in [0.2, 0.25) is 0 Å². The molecule has 3 aromatic carbocycles. The molecule has 0 unspecified atom stereocenters. The molecule has 3 aromatic rings. The number of fused-ring (bicyclic) bond motifs is 4. The van der Waals surface area contributed by atoms with Gasteiger partial charge in [-0.1, -0.05) is 48.5 Å². The third-order valence-corrected chi connectivity index (χ3v) is 4.00. The number of nitrogens with zero attached hydrogens (tertiary/aromatic N) is 2. The summed E-state index contributed by atoms with van der Waals surface area (Å²) < 4.78 is 0. The molecule has 2 N–H and O–H groups in total. The molecule has 0 amide bonds. The summed E-state index contributed by atoms with van der Waals surface area (Å²) in [7, 11) is 0. The summed E-state index contributed by atoms with van der Waals surface area (Å²) in [6.45, 7) is 0. The summed E-state index contributed by atoms with van der Waals surface area (Å²) in [5.41, 5.74) is 5.34. The number of nitriles is 1. The van der Waals surface area contributed by atoms with Crippen molar-refractivity contribution in [2.45, 2.75) is 0 Å². The van der Waals surface area contributed by atoms with E-state index < -0.39 is 0 Å². The summed E-state index contributed by atoms with van der Waals surface area (Å²) >= 11 is 0. The van der Waals surface area contributed by atoms with E-state index in [0.717, 1.165) is 38.7 Å². The SMILES string of the molecule is N#Cc1c2c(cc3ccccc13)/C(=N\N)c1ccccc1-2. The van der Waals surface area contributed by atoms with E-state index in [1.807, 2.05) is 48.5 Å². The zero-order valence-corrected chi connectivity index (χ0v) is 11.2. The van der Waals surface area contributed by atoms with Gasteiger partial charge in [-0.3, -0.25) is 0 Å². The summed E-state index contributed by atoms with van der Waals surface area (Å²) in [6, 6.07) is 20.3. The highest BCUT2D eigenvalue weighted by Gasteiger charge is 2.28. The first-order valence-corrected chi connectivity index (χ1v) is 6.69. The van der Waals surface area contributed by atoms with Crippen LogP contribution in [-0.2, 0) is 0 Å². The van der Waals surface area contributed by atoms with E-state index in [9.17, 15) is 5.26 Å². The van der Waals surface area contributed by atoms with Crippen molar-refractivity contribution in [1.29, 1.82) is 5.26 Å². The maximum absolute atomic E-state index is 9.66. The van der Waals surface area contributed by atoms with Crippen LogP contribution in [0.3, 0.4) is 0 Å². The second-order valence-electron chi connectivity index (χ2n) is 5.03. The molecular weight excluding hydrogens is 258 g/mol. The lowest BCUT2D eigenvalue weighted by Gasteiger charge is -2.07. The van der Waals surface area contributed by atoms with E-state index in [0.29, 0.717) is 5.56 Å². The molecule has 0 fully saturated rings. The summed E-state index contributed by atoms with van der Waals surface area (Å²) in [6.07, 6.45) is 0. The Morgan fingerprint density at radius 2 is 1.62 bits per heavy atom. The van der Waals surface area contributed by atoms with Gasteiger partial charge in [-0.15, -0.1) is 0 Å². The van der Waals surface area contributed by atoms with Crippen LogP contribution in [0.5, 0.6) is 0 Å². The van der Waals surface area contributed by atoms with Gasteiger partial charge in [-0.25, -0.2) is 0 Å². The number of hydrogen-bond acceptors (Lipinski definition) is 3. The van der Waals surface area contributed by atoms with Crippen LogP contribution >= 0.6 is 0 Å². The highest BCUT2D eigenvalue weighted by atomic mass is 15.1. The number of rotatable bonds is 0. The van der Waals surface area contributed by atoms with Crippen LogP contribution in [0.25, 0.3) is 21.9 Å². The van der Waals surface area contributed by atoms with Crippen molar-refractivity contribution in [3.8, 4) is 17.2 Å². The Bertz CT molecular complexity index is 962. The van der Waals surface area contributed by atoms with Gasteiger partial charge in [0, 0.05) is 22.1 Å². The molecule has 0 spiro atoms. The molecule has 3 nitrogen and oxygen atoms in total. The van der Waals surface area contributed by atoms with Crippen molar-refractivity contribution in [3.63, 3.8) is 0 Å². The molecule has 0 aliphatic heterocycles. The Kier molecular flexibility index (Phi) is 2.33. The maximum atomic E-state index is 9.66. The van der Waals surface area contributed by atoms with Crippen LogP contribution in [0, 0.1) is 11.3 Å². The number of nitrogens with two attached hydrogens (primary N) is 1. The molecule has 0 saturated carbocycles. The quantitative estimate of drug-likeness (QED) is 0.393. The average molecular weight is 269 g/mol. The minimum Gasteiger partial charge on any atom is -0.323 e. The summed E-state index contributed by atoms with van der Waals surface area (Å²) in [5, 5.41) is 15.6. The Labute approximate surface area is 121 Å². The summed E-state index contributed by atoms with van der Waals surface area (Å²) in [4.78, 5) is 0. The summed E-state index contributed by atoms with van der Waals surface area (Å²) in [5.74, 6) is 5.60. The van der Waals surface area contributed by atoms with Crippen LogP contribution in [-0.4, -0.2) is 5.71 Å². The number of benzene rings is 3. The second-order valence-corrected chi connectivity index (χ2v) is 5.03. The van der Waals surface area contributed by atoms with Crippen molar-refractivity contribution in [2.75, 3.05) is 0 Å². The van der Waals surface area contributed by atoms with E-state index >= 15 is 0 Å². The monoisotopic (exact) mass is 269 g/mol. The van der Waals surface area contributed by atoms with Crippen LogP contribution in [0.1, 0.15) is 16.7 Å². The molecular formula is C18H11N3. The van der Waals surface area contributed by atoms with Crippen molar-refractivity contribution in [2.24, 2.45) is 10.9 Å². The molecule has 3 heteroatoms. The molecule has 0 heterocycles. The van der Waals surface area contributed by atoms with Gasteiger partial charge in [-0.05, 0) is 17.0 Å². The van der Waals surface area contributed by atoms with Crippen LogP contribution in [0.15, 0.2) is 59.7 Å². The van der Waals surface area contributed by atoms with Crippen molar-refractivity contribution < 1.29 is 0 Å². The van der Waals surface area contributed by atoms with E-state index in [1.165, 1.54) is 0 Å². The molecule has 0 saturated heterocycles. The standard InChI is InChI=1S/C18H11N3/c19-10-16-12-6-2-1-5-11(12)9-15-17(16)13-7-3-4-8-14(13)18(15)21-20/h1-9H,20H2/b21-18-. The van der Waals surface area contributed by atoms with Gasteiger partial charge in [0.25, 0.3) is 0 Å². The molecule has 0 radical (unpaired) electrons. The molecule has 21 heavy (non-hydrogen) atoms. The van der Waals surface area contributed by atoms with Gasteiger partial charge < -0.3 is 5.84 Å². The minimum absolute atomic E-state index is 0.689. The smallest absolute Gasteiger partial charge is 0.100 e. The third-order valence-electron chi connectivity index (χ3n) is 4.00. The van der Waals surface area contributed by atoms with Gasteiger partial charge in [-0.2, -0.15) is 10.4 Å². The Balaban J connectivity index is 2.24. The van der Waals surface area contributed by atoms with E-state index in [-0.39, 0.29) is 0 Å². The fourth-order valence-corrected chi connectivity index (χ4v) is 3.12.